The van der Waals surface area contributed by atoms with Gasteiger partial charge in [-0.2, -0.15) is 0 Å². The molecule has 0 bridgehead atoms. The molecule has 0 radical (unpaired) electrons. The molecule has 11 nitrogen and oxygen atoms in total. The zero-order valence-corrected chi connectivity index (χ0v) is 18.7. The number of esters is 1. The van der Waals surface area contributed by atoms with Gasteiger partial charge in [0.2, 0.25) is 5.75 Å². The third-order valence-electron chi connectivity index (χ3n) is 5.08. The Morgan fingerprint density at radius 2 is 1.91 bits per heavy atom. The number of hydrogen-bond acceptors (Lipinski definition) is 9. The highest BCUT2D eigenvalue weighted by Gasteiger charge is 2.29. The number of methoxy groups -OCH3 is 2. The van der Waals surface area contributed by atoms with E-state index in [2.05, 4.69) is 10.3 Å². The molecule has 0 aliphatic heterocycles. The van der Waals surface area contributed by atoms with Crippen LogP contribution in [0.1, 0.15) is 39.8 Å². The van der Waals surface area contributed by atoms with Gasteiger partial charge in [-0.15, -0.1) is 5.10 Å². The van der Waals surface area contributed by atoms with Crippen LogP contribution in [0.5, 0.6) is 17.2 Å². The molecule has 1 heterocycles. The summed E-state index contributed by atoms with van der Waals surface area (Å²) in [5.74, 6) is -0.199. The first-order valence-electron chi connectivity index (χ1n) is 10.1. The summed E-state index contributed by atoms with van der Waals surface area (Å²) in [5, 5.41) is 30.2. The number of nitrogens with zero attached hydrogens (tertiary/aromatic N) is 4. The molecular formula is C22H24N4O7. The Morgan fingerprint density at radius 3 is 2.48 bits per heavy atom. The first kappa shape index (κ1) is 23.5. The van der Waals surface area contributed by atoms with Crippen molar-refractivity contribution in [2.24, 2.45) is 0 Å². The topological polar surface area (TPSA) is 139 Å². The second-order valence-electron chi connectivity index (χ2n) is 7.10. The van der Waals surface area contributed by atoms with E-state index in [1.54, 1.807) is 26.2 Å². The Hall–Kier alpha value is -4.15. The lowest BCUT2D eigenvalue weighted by Crippen LogP contribution is -2.16. The Balaban J connectivity index is 2.05. The summed E-state index contributed by atoms with van der Waals surface area (Å²) in [6, 6.07) is 8.65. The fraction of sp³-hybridized carbons (Fsp3) is 0.318. The highest BCUT2D eigenvalue weighted by molar-refractivity contribution is 5.89. The fourth-order valence-electron chi connectivity index (χ4n) is 3.42. The number of carbonyl (C=O) groups is 1. The number of nitro groups is 1. The van der Waals surface area contributed by atoms with Crippen LogP contribution in [-0.4, -0.2) is 51.8 Å². The molecule has 1 N–H and O–H groups in total. The largest absolute Gasteiger partial charge is 0.502 e. The van der Waals surface area contributed by atoms with Crippen LogP contribution in [0.2, 0.25) is 0 Å². The van der Waals surface area contributed by atoms with Crippen LogP contribution < -0.4 is 9.47 Å². The van der Waals surface area contributed by atoms with E-state index in [1.807, 2.05) is 12.1 Å². The number of aromatic nitrogens is 3. The van der Waals surface area contributed by atoms with Crippen LogP contribution in [0.3, 0.4) is 0 Å². The zero-order chi connectivity index (χ0) is 24.1. The summed E-state index contributed by atoms with van der Waals surface area (Å²) >= 11 is 0. The van der Waals surface area contributed by atoms with Crippen LogP contribution in [0.15, 0.2) is 30.3 Å². The van der Waals surface area contributed by atoms with Gasteiger partial charge in [0.25, 0.3) is 0 Å². The Morgan fingerprint density at radius 1 is 1.21 bits per heavy atom. The molecule has 1 aromatic heterocycles. The van der Waals surface area contributed by atoms with Crippen LogP contribution in [0.4, 0.5) is 5.69 Å². The molecule has 0 spiro atoms. The lowest BCUT2D eigenvalue weighted by molar-refractivity contribution is -0.386. The van der Waals surface area contributed by atoms with Crippen molar-refractivity contribution in [3.8, 4) is 17.2 Å². The molecule has 11 heteroatoms. The maximum absolute atomic E-state index is 12.7. The number of phenols is 1. The van der Waals surface area contributed by atoms with Crippen molar-refractivity contribution in [1.29, 1.82) is 0 Å². The average Bonchev–Trinajstić information content (AvgIpc) is 3.18. The van der Waals surface area contributed by atoms with E-state index in [-0.39, 0.29) is 47.8 Å². The third-order valence-corrected chi connectivity index (χ3v) is 5.08. The van der Waals surface area contributed by atoms with Gasteiger partial charge >= 0.3 is 11.7 Å². The van der Waals surface area contributed by atoms with Gasteiger partial charge in [0.05, 0.1) is 32.3 Å². The molecule has 0 aliphatic carbocycles. The average molecular weight is 456 g/mol. The predicted molar refractivity (Wildman–Crippen MR) is 117 cm³/mol. The molecule has 0 atom stereocenters. The molecule has 0 amide bonds. The van der Waals surface area contributed by atoms with E-state index >= 15 is 0 Å². The standard InChI is InChI=1S/C22H24N4O7/c1-5-33-22(28)20-17(23-24-25(20)12-14-6-8-16(31-3)9-7-14)10-15-11-18(32-4)13(2)21(27)19(15)26(29)30/h6-9,11,27H,5,10,12H2,1-4H3. The molecule has 0 fully saturated rings. The first-order valence-corrected chi connectivity index (χ1v) is 10.1. The lowest BCUT2D eigenvalue weighted by atomic mass is 10.0. The van der Waals surface area contributed by atoms with Crippen LogP contribution >= 0.6 is 0 Å². The highest BCUT2D eigenvalue weighted by Crippen LogP contribution is 2.40. The molecule has 0 saturated carbocycles. The van der Waals surface area contributed by atoms with Crippen LogP contribution in [-0.2, 0) is 17.7 Å². The van der Waals surface area contributed by atoms with Gasteiger partial charge in [0.15, 0.2) is 5.69 Å². The molecule has 174 valence electrons. The molecular weight excluding hydrogens is 432 g/mol. The van der Waals surface area contributed by atoms with Gasteiger partial charge in [-0.1, -0.05) is 17.3 Å². The maximum atomic E-state index is 12.7. The molecule has 33 heavy (non-hydrogen) atoms. The zero-order valence-electron chi connectivity index (χ0n) is 18.7. The first-order chi connectivity index (χ1) is 15.8. The van der Waals surface area contributed by atoms with E-state index in [0.29, 0.717) is 5.75 Å². The molecule has 3 aromatic rings. The van der Waals surface area contributed by atoms with Gasteiger partial charge in [-0.3, -0.25) is 10.1 Å². The molecule has 0 aliphatic rings. The van der Waals surface area contributed by atoms with Crippen molar-refractivity contribution in [2.45, 2.75) is 26.8 Å². The summed E-state index contributed by atoms with van der Waals surface area (Å²) in [5.41, 5.74) is 0.964. The van der Waals surface area contributed by atoms with Crippen molar-refractivity contribution >= 4 is 11.7 Å². The lowest BCUT2D eigenvalue weighted by Gasteiger charge is -2.11. The quantitative estimate of drug-likeness (QED) is 0.292. The summed E-state index contributed by atoms with van der Waals surface area (Å²) < 4.78 is 16.9. The molecule has 0 saturated heterocycles. The maximum Gasteiger partial charge on any atom is 0.358 e. The second-order valence-corrected chi connectivity index (χ2v) is 7.10. The summed E-state index contributed by atoms with van der Waals surface area (Å²) in [7, 11) is 2.96. The monoisotopic (exact) mass is 456 g/mol. The minimum absolute atomic E-state index is 0.0704. The van der Waals surface area contributed by atoms with Crippen LogP contribution in [0.25, 0.3) is 0 Å². The Kier molecular flexibility index (Phi) is 7.11. The number of hydrogen-bond donors (Lipinski definition) is 1. The summed E-state index contributed by atoms with van der Waals surface area (Å²) in [6.07, 6.45) is -0.142. The van der Waals surface area contributed by atoms with Gasteiger partial charge in [-0.05, 0) is 37.6 Å². The highest BCUT2D eigenvalue weighted by atomic mass is 16.6. The normalized spacial score (nSPS) is 10.7. The molecule has 3 rings (SSSR count). The van der Waals surface area contributed by atoms with E-state index in [1.165, 1.54) is 24.8 Å². The van der Waals surface area contributed by atoms with Crippen molar-refractivity contribution in [3.63, 3.8) is 0 Å². The number of nitro benzene ring substituents is 1. The smallest absolute Gasteiger partial charge is 0.358 e. The Bertz CT molecular complexity index is 1170. The van der Waals surface area contributed by atoms with Crippen molar-refractivity contribution in [3.05, 3.63) is 68.5 Å². The van der Waals surface area contributed by atoms with Gasteiger partial charge in [-0.25, -0.2) is 9.48 Å². The third kappa shape index (κ3) is 4.86. The van der Waals surface area contributed by atoms with Gasteiger partial charge in [0, 0.05) is 17.5 Å². The van der Waals surface area contributed by atoms with E-state index in [9.17, 15) is 20.0 Å². The summed E-state index contributed by atoms with van der Waals surface area (Å²) in [4.78, 5) is 23.7. The van der Waals surface area contributed by atoms with Gasteiger partial charge < -0.3 is 19.3 Å². The van der Waals surface area contributed by atoms with E-state index < -0.39 is 22.3 Å². The predicted octanol–water partition coefficient (Wildman–Crippen LogP) is 3.03. The number of phenolic OH excluding ortho intramolecular Hbond substituents is 1. The molecule has 0 unspecified atom stereocenters. The van der Waals surface area contributed by atoms with E-state index in [0.717, 1.165) is 5.56 Å². The fourth-order valence-corrected chi connectivity index (χ4v) is 3.42. The minimum Gasteiger partial charge on any atom is -0.502 e. The van der Waals surface area contributed by atoms with Crippen molar-refractivity contribution in [1.82, 2.24) is 15.0 Å². The Labute approximate surface area is 189 Å². The number of aromatic hydroxyl groups is 1. The van der Waals surface area contributed by atoms with E-state index in [4.69, 9.17) is 14.2 Å². The SMILES string of the molecule is CCOC(=O)c1c(Cc2cc(OC)c(C)c(O)c2[N+](=O)[O-])nnn1Cc1ccc(OC)cc1. The summed E-state index contributed by atoms with van der Waals surface area (Å²) in [6.45, 7) is 3.53. The molecule has 2 aromatic carbocycles. The number of ether oxygens (including phenoxy) is 3. The van der Waals surface area contributed by atoms with Crippen LogP contribution in [0, 0.1) is 17.0 Å². The second kappa shape index (κ2) is 9.98. The number of benzene rings is 2. The van der Waals surface area contributed by atoms with Crippen molar-refractivity contribution < 1.29 is 29.0 Å². The minimum atomic E-state index is -0.678. The van der Waals surface area contributed by atoms with Gasteiger partial charge in [0.1, 0.15) is 17.2 Å². The number of rotatable bonds is 9. The number of carbonyl (C=O) groups excluding carboxylic acids is 1. The van der Waals surface area contributed by atoms with Crippen molar-refractivity contribution in [2.75, 3.05) is 20.8 Å².